The van der Waals surface area contributed by atoms with Crippen LogP contribution in [0.4, 0.5) is 5.69 Å². The number of ketones is 1. The molecule has 0 bridgehead atoms. The van der Waals surface area contributed by atoms with E-state index in [-0.39, 0.29) is 5.78 Å². The number of amides is 2. The molecule has 2 aromatic carbocycles. The van der Waals surface area contributed by atoms with Crippen molar-refractivity contribution in [1.29, 1.82) is 0 Å². The lowest BCUT2D eigenvalue weighted by Gasteiger charge is -2.35. The van der Waals surface area contributed by atoms with Gasteiger partial charge < -0.3 is 10.4 Å². The lowest BCUT2D eigenvalue weighted by Crippen LogP contribution is -2.52. The van der Waals surface area contributed by atoms with Crippen LogP contribution in [0.3, 0.4) is 0 Å². The lowest BCUT2D eigenvalue weighted by atomic mass is 9.73. The van der Waals surface area contributed by atoms with E-state index in [0.29, 0.717) is 16.8 Å². The van der Waals surface area contributed by atoms with E-state index in [0.717, 1.165) is 10.5 Å². The summed E-state index contributed by atoms with van der Waals surface area (Å²) in [5, 5.41) is 13.7. The van der Waals surface area contributed by atoms with Crippen molar-refractivity contribution in [3.63, 3.8) is 0 Å². The number of fused-ring (bicyclic) bond motifs is 1. The fourth-order valence-corrected chi connectivity index (χ4v) is 3.98. The van der Waals surface area contributed by atoms with Crippen molar-refractivity contribution in [2.45, 2.75) is 18.6 Å². The summed E-state index contributed by atoms with van der Waals surface area (Å²) in [7, 11) is 1.32. The highest BCUT2D eigenvalue weighted by molar-refractivity contribution is 6.19. The van der Waals surface area contributed by atoms with Crippen molar-refractivity contribution in [1.82, 2.24) is 4.90 Å². The summed E-state index contributed by atoms with van der Waals surface area (Å²) < 4.78 is 0. The smallest absolute Gasteiger partial charge is 0.258 e. The molecule has 132 valence electrons. The molecule has 2 N–H and O–H groups in total. The summed E-state index contributed by atoms with van der Waals surface area (Å²) in [6.07, 6.45) is -1.58. The van der Waals surface area contributed by atoms with Crippen LogP contribution in [0.25, 0.3) is 0 Å². The third-order valence-corrected chi connectivity index (χ3v) is 5.30. The first-order valence-electron chi connectivity index (χ1n) is 8.36. The van der Waals surface area contributed by atoms with Gasteiger partial charge in [0, 0.05) is 18.3 Å². The summed E-state index contributed by atoms with van der Waals surface area (Å²) in [5.41, 5.74) is 0.968. The highest BCUT2D eigenvalue weighted by Crippen LogP contribution is 2.47. The van der Waals surface area contributed by atoms with E-state index >= 15 is 0 Å². The Morgan fingerprint density at radius 2 is 1.77 bits per heavy atom. The summed E-state index contributed by atoms with van der Waals surface area (Å²) in [4.78, 5) is 39.4. The van der Waals surface area contributed by atoms with Gasteiger partial charge in [0.05, 0.1) is 0 Å². The van der Waals surface area contributed by atoms with Crippen LogP contribution in [0.15, 0.2) is 48.5 Å². The summed E-state index contributed by atoms with van der Waals surface area (Å²) >= 11 is 0. The van der Waals surface area contributed by atoms with Gasteiger partial charge in [0.2, 0.25) is 5.91 Å². The predicted octanol–water partition coefficient (Wildman–Crippen LogP) is 1.47. The van der Waals surface area contributed by atoms with Crippen LogP contribution >= 0.6 is 0 Å². The van der Waals surface area contributed by atoms with Gasteiger partial charge >= 0.3 is 0 Å². The van der Waals surface area contributed by atoms with E-state index in [9.17, 15) is 19.5 Å². The zero-order valence-corrected chi connectivity index (χ0v) is 14.4. The Labute approximate surface area is 150 Å². The number of imide groups is 1. The highest BCUT2D eigenvalue weighted by atomic mass is 16.3. The standard InChI is InChI=1S/C20H18N2O4/c1-11-6-5-7-12(10-11)20(15-16(23)19(26)22(2)18(15)25)17(24)13-8-3-4-9-14(13)21-20/h3-10,15-16,21,23H,1-2H3. The monoisotopic (exact) mass is 350 g/mol. The Kier molecular flexibility index (Phi) is 3.49. The van der Waals surface area contributed by atoms with Gasteiger partial charge in [0.15, 0.2) is 5.78 Å². The molecule has 2 aromatic rings. The number of para-hydroxylation sites is 1. The molecule has 6 heteroatoms. The van der Waals surface area contributed by atoms with E-state index in [1.807, 2.05) is 13.0 Å². The van der Waals surface area contributed by atoms with Crippen molar-refractivity contribution < 1.29 is 19.5 Å². The van der Waals surface area contributed by atoms with Gasteiger partial charge in [-0.15, -0.1) is 0 Å². The number of benzene rings is 2. The number of hydrogen-bond donors (Lipinski definition) is 2. The molecule has 0 spiro atoms. The molecule has 1 saturated heterocycles. The minimum Gasteiger partial charge on any atom is -0.382 e. The van der Waals surface area contributed by atoms with Crippen LogP contribution in [0, 0.1) is 12.8 Å². The van der Waals surface area contributed by atoms with E-state index < -0.39 is 29.4 Å². The Bertz CT molecular complexity index is 954. The number of aliphatic hydroxyl groups is 1. The number of nitrogens with zero attached hydrogens (tertiary/aromatic N) is 1. The van der Waals surface area contributed by atoms with Crippen molar-refractivity contribution in [2.24, 2.45) is 5.92 Å². The maximum absolute atomic E-state index is 13.5. The Morgan fingerprint density at radius 3 is 2.38 bits per heavy atom. The van der Waals surface area contributed by atoms with Crippen molar-refractivity contribution >= 4 is 23.3 Å². The van der Waals surface area contributed by atoms with Crippen LogP contribution in [-0.4, -0.2) is 40.8 Å². The highest BCUT2D eigenvalue weighted by Gasteiger charge is 2.62. The number of nitrogens with one attached hydrogen (secondary N) is 1. The molecule has 3 atom stereocenters. The van der Waals surface area contributed by atoms with Gasteiger partial charge in [0.25, 0.3) is 5.91 Å². The quantitative estimate of drug-likeness (QED) is 0.801. The molecule has 2 heterocycles. The van der Waals surface area contributed by atoms with E-state index in [1.165, 1.54) is 7.05 Å². The van der Waals surface area contributed by atoms with Crippen LogP contribution in [0.5, 0.6) is 0 Å². The maximum atomic E-state index is 13.5. The molecule has 2 amide bonds. The molecule has 0 saturated carbocycles. The average molecular weight is 350 g/mol. The van der Waals surface area contributed by atoms with Gasteiger partial charge in [-0.25, -0.2) is 0 Å². The van der Waals surface area contributed by atoms with Gasteiger partial charge in [-0.05, 0) is 24.6 Å². The predicted molar refractivity (Wildman–Crippen MR) is 94.5 cm³/mol. The van der Waals surface area contributed by atoms with E-state index in [1.54, 1.807) is 42.5 Å². The van der Waals surface area contributed by atoms with Crippen LogP contribution in [0.2, 0.25) is 0 Å². The average Bonchev–Trinajstić information content (AvgIpc) is 3.03. The fraction of sp³-hybridized carbons (Fsp3) is 0.250. The molecule has 4 rings (SSSR count). The first kappa shape index (κ1) is 16.5. The van der Waals surface area contributed by atoms with Crippen LogP contribution < -0.4 is 5.32 Å². The molecule has 0 aliphatic carbocycles. The second kappa shape index (κ2) is 5.51. The zero-order chi connectivity index (χ0) is 18.6. The normalized spacial score (nSPS) is 27.7. The molecular formula is C20H18N2O4. The molecule has 6 nitrogen and oxygen atoms in total. The Balaban J connectivity index is 1.98. The summed E-state index contributed by atoms with van der Waals surface area (Å²) in [5.74, 6) is -2.82. The first-order valence-corrected chi connectivity index (χ1v) is 8.36. The molecule has 1 fully saturated rings. The summed E-state index contributed by atoms with van der Waals surface area (Å²) in [6.45, 7) is 1.88. The number of aliphatic hydroxyl groups excluding tert-OH is 1. The van der Waals surface area contributed by atoms with Crippen molar-refractivity contribution in [2.75, 3.05) is 12.4 Å². The minimum absolute atomic E-state index is 0.320. The third-order valence-electron chi connectivity index (χ3n) is 5.30. The maximum Gasteiger partial charge on any atom is 0.258 e. The van der Waals surface area contributed by atoms with Gasteiger partial charge in [-0.1, -0.05) is 42.0 Å². The zero-order valence-electron chi connectivity index (χ0n) is 14.4. The number of hydrogen-bond acceptors (Lipinski definition) is 5. The molecule has 0 aromatic heterocycles. The second-order valence-electron chi connectivity index (χ2n) is 6.84. The van der Waals surface area contributed by atoms with Crippen LogP contribution in [-0.2, 0) is 15.1 Å². The summed E-state index contributed by atoms with van der Waals surface area (Å²) in [6, 6.07) is 14.2. The molecule has 2 aliphatic rings. The number of likely N-dealkylation sites (tertiary alicyclic amines) is 1. The number of rotatable bonds is 2. The largest absolute Gasteiger partial charge is 0.382 e. The lowest BCUT2D eigenvalue weighted by molar-refractivity contribution is -0.139. The third kappa shape index (κ3) is 1.99. The number of aryl methyl sites for hydroxylation is 1. The van der Waals surface area contributed by atoms with Crippen LogP contribution in [0.1, 0.15) is 21.5 Å². The first-order chi connectivity index (χ1) is 12.4. The molecular weight excluding hydrogens is 332 g/mol. The minimum atomic E-state index is -1.58. The number of carbonyl (C=O) groups is 3. The van der Waals surface area contributed by atoms with Gasteiger partial charge in [-0.3, -0.25) is 19.3 Å². The topological polar surface area (TPSA) is 86.7 Å². The Morgan fingerprint density at radius 1 is 1.04 bits per heavy atom. The molecule has 0 radical (unpaired) electrons. The van der Waals surface area contributed by atoms with Crippen molar-refractivity contribution in [3.8, 4) is 0 Å². The molecule has 3 unspecified atom stereocenters. The SMILES string of the molecule is Cc1cccc(C2(C3C(=O)N(C)C(=O)C3O)Nc3ccccc3C2=O)c1. The number of anilines is 1. The molecule has 26 heavy (non-hydrogen) atoms. The van der Waals surface area contributed by atoms with Crippen molar-refractivity contribution in [3.05, 3.63) is 65.2 Å². The molecule has 2 aliphatic heterocycles. The fourth-order valence-electron chi connectivity index (χ4n) is 3.98. The Hall–Kier alpha value is -2.99. The van der Waals surface area contributed by atoms with E-state index in [4.69, 9.17) is 0 Å². The van der Waals surface area contributed by atoms with Gasteiger partial charge in [0.1, 0.15) is 17.6 Å². The number of Topliss-reactive ketones (excluding diaryl/α,β-unsaturated/α-hetero) is 1. The second-order valence-corrected chi connectivity index (χ2v) is 6.84. The van der Waals surface area contributed by atoms with E-state index in [2.05, 4.69) is 5.32 Å². The number of likely N-dealkylation sites (N-methyl/N-ethyl adjacent to an activating group) is 1. The number of carbonyl (C=O) groups excluding carboxylic acids is 3. The van der Waals surface area contributed by atoms with Gasteiger partial charge in [-0.2, -0.15) is 0 Å².